The summed E-state index contributed by atoms with van der Waals surface area (Å²) < 4.78 is 13.3. The minimum absolute atomic E-state index is 0.349. The molecule has 0 saturated carbocycles. The molecule has 5 nitrogen and oxygen atoms in total. The molecule has 1 aromatic rings. The summed E-state index contributed by atoms with van der Waals surface area (Å²) in [7, 11) is 0. The van der Waals surface area contributed by atoms with Crippen LogP contribution in [0.3, 0.4) is 0 Å². The van der Waals surface area contributed by atoms with Crippen LogP contribution in [0.4, 0.5) is 14.9 Å². The molecule has 1 rings (SSSR count). The zero-order chi connectivity index (χ0) is 15.5. The number of anilines is 1. The lowest BCUT2D eigenvalue weighted by Crippen LogP contribution is -2.50. The van der Waals surface area contributed by atoms with Crippen LogP contribution >= 0.6 is 15.9 Å². The Bertz CT molecular complexity index is 529. The zero-order valence-corrected chi connectivity index (χ0v) is 12.9. The molecule has 0 saturated heterocycles. The molecule has 0 heterocycles. The second kappa shape index (κ2) is 6.21. The highest BCUT2D eigenvalue weighted by molar-refractivity contribution is 9.10. The Morgan fingerprint density at radius 2 is 1.95 bits per heavy atom. The van der Waals surface area contributed by atoms with Crippen LogP contribution in [0, 0.1) is 11.2 Å². The maximum Gasteiger partial charge on any atom is 0.326 e. The van der Waals surface area contributed by atoms with E-state index < -0.39 is 29.3 Å². The smallest absolute Gasteiger partial charge is 0.326 e. The van der Waals surface area contributed by atoms with Crippen LogP contribution in [0.1, 0.15) is 20.8 Å². The van der Waals surface area contributed by atoms with Gasteiger partial charge in [-0.15, -0.1) is 0 Å². The number of halogens is 2. The molecular formula is C13H16BrFN2O3. The predicted molar refractivity (Wildman–Crippen MR) is 77.1 cm³/mol. The van der Waals surface area contributed by atoms with Crippen LogP contribution < -0.4 is 10.6 Å². The number of nitrogens with one attached hydrogen (secondary N) is 2. The summed E-state index contributed by atoms with van der Waals surface area (Å²) >= 11 is 3.11. The number of amides is 2. The van der Waals surface area contributed by atoms with Gasteiger partial charge in [-0.3, -0.25) is 0 Å². The highest BCUT2D eigenvalue weighted by Gasteiger charge is 2.32. The van der Waals surface area contributed by atoms with Gasteiger partial charge in [-0.2, -0.15) is 0 Å². The fraction of sp³-hybridized carbons (Fsp3) is 0.385. The quantitative estimate of drug-likeness (QED) is 0.786. The maximum atomic E-state index is 12.9. The van der Waals surface area contributed by atoms with Gasteiger partial charge in [-0.05, 0) is 39.5 Å². The van der Waals surface area contributed by atoms with Crippen molar-refractivity contribution < 1.29 is 19.1 Å². The molecule has 0 radical (unpaired) electrons. The minimum atomic E-state index is -1.12. The van der Waals surface area contributed by atoms with Crippen LogP contribution in [0.5, 0.6) is 0 Å². The number of aliphatic carboxylic acids is 1. The summed E-state index contributed by atoms with van der Waals surface area (Å²) in [6, 6.07) is 2.07. The van der Waals surface area contributed by atoms with Gasteiger partial charge in [-0.25, -0.2) is 14.0 Å². The first kappa shape index (κ1) is 16.4. The lowest BCUT2D eigenvalue weighted by molar-refractivity contribution is -0.141. The van der Waals surface area contributed by atoms with Crippen LogP contribution in [0.25, 0.3) is 0 Å². The average molecular weight is 347 g/mol. The fourth-order valence-corrected chi connectivity index (χ4v) is 1.98. The van der Waals surface area contributed by atoms with Gasteiger partial charge in [0.15, 0.2) is 0 Å². The molecule has 0 spiro atoms. The number of benzene rings is 1. The summed E-state index contributed by atoms with van der Waals surface area (Å²) in [5.74, 6) is -1.56. The summed E-state index contributed by atoms with van der Waals surface area (Å²) in [5, 5.41) is 14.0. The summed E-state index contributed by atoms with van der Waals surface area (Å²) in [4.78, 5) is 23.0. The third kappa shape index (κ3) is 4.48. The Labute approximate surface area is 124 Å². The first-order valence-electron chi connectivity index (χ1n) is 5.86. The molecule has 0 bridgehead atoms. The van der Waals surface area contributed by atoms with Gasteiger partial charge in [0.05, 0.1) is 5.69 Å². The van der Waals surface area contributed by atoms with Gasteiger partial charge in [0.25, 0.3) is 0 Å². The van der Waals surface area contributed by atoms with Gasteiger partial charge < -0.3 is 15.7 Å². The molecule has 0 aliphatic carbocycles. The Morgan fingerprint density at radius 1 is 1.35 bits per heavy atom. The number of carboxylic acid groups (broad SMARTS) is 1. The largest absolute Gasteiger partial charge is 0.480 e. The third-order valence-corrected chi connectivity index (χ3v) is 3.22. The van der Waals surface area contributed by atoms with Gasteiger partial charge in [0.1, 0.15) is 11.9 Å². The number of carbonyl (C=O) groups excluding carboxylic acids is 1. The first-order chi connectivity index (χ1) is 9.11. The zero-order valence-electron chi connectivity index (χ0n) is 11.3. The number of urea groups is 1. The number of hydrogen-bond acceptors (Lipinski definition) is 2. The topological polar surface area (TPSA) is 78.4 Å². The summed E-state index contributed by atoms with van der Waals surface area (Å²) in [6.07, 6.45) is 0. The first-order valence-corrected chi connectivity index (χ1v) is 6.66. The van der Waals surface area contributed by atoms with Gasteiger partial charge in [-0.1, -0.05) is 20.8 Å². The second-order valence-electron chi connectivity index (χ2n) is 5.36. The average Bonchev–Trinajstić information content (AvgIpc) is 2.28. The molecule has 3 N–H and O–H groups in total. The number of rotatable bonds is 3. The molecule has 1 atom stereocenters. The van der Waals surface area contributed by atoms with E-state index in [1.165, 1.54) is 18.2 Å². The second-order valence-corrected chi connectivity index (χ2v) is 6.21. The molecule has 0 aromatic heterocycles. The molecule has 1 aromatic carbocycles. The van der Waals surface area contributed by atoms with Crippen molar-refractivity contribution in [1.82, 2.24) is 5.32 Å². The highest BCUT2D eigenvalue weighted by Crippen LogP contribution is 2.23. The van der Waals surface area contributed by atoms with Crippen LogP contribution in [0.2, 0.25) is 0 Å². The van der Waals surface area contributed by atoms with Crippen molar-refractivity contribution in [3.05, 3.63) is 28.5 Å². The van der Waals surface area contributed by atoms with Gasteiger partial charge in [0, 0.05) is 4.47 Å². The summed E-state index contributed by atoms with van der Waals surface area (Å²) in [5.41, 5.74) is -0.287. The van der Waals surface area contributed by atoms with E-state index in [2.05, 4.69) is 26.6 Å². The standard InChI is InChI=1S/C13H16BrFN2O3/c1-13(2,3)10(11(18)19)17-12(20)16-9-5-4-7(15)6-8(9)14/h4-6,10H,1-3H3,(H,18,19)(H2,16,17,20)/t10-/m0/s1. The van der Waals surface area contributed by atoms with Crippen LogP contribution in [-0.2, 0) is 4.79 Å². The Kier molecular flexibility index (Phi) is 5.10. The SMILES string of the molecule is CC(C)(C)[C@@H](NC(=O)Nc1ccc(F)cc1Br)C(=O)O. The monoisotopic (exact) mass is 346 g/mol. The maximum absolute atomic E-state index is 12.9. The highest BCUT2D eigenvalue weighted by atomic mass is 79.9. The molecular weight excluding hydrogens is 331 g/mol. The molecule has 0 aliphatic rings. The van der Waals surface area contributed by atoms with Crippen molar-refractivity contribution >= 4 is 33.6 Å². The van der Waals surface area contributed by atoms with Crippen molar-refractivity contribution in [2.24, 2.45) is 5.41 Å². The minimum Gasteiger partial charge on any atom is -0.480 e. The van der Waals surface area contributed by atoms with Crippen molar-refractivity contribution in [3.63, 3.8) is 0 Å². The van der Waals surface area contributed by atoms with Gasteiger partial charge in [0.2, 0.25) is 0 Å². The molecule has 7 heteroatoms. The molecule has 20 heavy (non-hydrogen) atoms. The van der Waals surface area contributed by atoms with Crippen LogP contribution in [-0.4, -0.2) is 23.1 Å². The van der Waals surface area contributed by atoms with E-state index in [1.54, 1.807) is 20.8 Å². The molecule has 0 aliphatic heterocycles. The predicted octanol–water partition coefficient (Wildman–Crippen LogP) is 3.21. The van der Waals surface area contributed by atoms with Crippen molar-refractivity contribution in [2.45, 2.75) is 26.8 Å². The molecule has 110 valence electrons. The summed E-state index contributed by atoms with van der Waals surface area (Å²) in [6.45, 7) is 5.12. The Balaban J connectivity index is 2.79. The Hall–Kier alpha value is -1.63. The van der Waals surface area contributed by atoms with E-state index in [-0.39, 0.29) is 0 Å². The van der Waals surface area contributed by atoms with Crippen molar-refractivity contribution in [2.75, 3.05) is 5.32 Å². The van der Waals surface area contributed by atoms with E-state index in [4.69, 9.17) is 5.11 Å². The van der Waals surface area contributed by atoms with E-state index in [1.807, 2.05) is 0 Å². The van der Waals surface area contributed by atoms with E-state index >= 15 is 0 Å². The fourth-order valence-electron chi connectivity index (χ4n) is 1.53. The lowest BCUT2D eigenvalue weighted by atomic mass is 9.87. The normalized spacial score (nSPS) is 12.7. The number of carbonyl (C=O) groups is 2. The molecule has 0 unspecified atom stereocenters. The molecule has 2 amide bonds. The van der Waals surface area contributed by atoms with Gasteiger partial charge >= 0.3 is 12.0 Å². The third-order valence-electron chi connectivity index (χ3n) is 2.57. The lowest BCUT2D eigenvalue weighted by Gasteiger charge is -2.27. The number of hydrogen-bond donors (Lipinski definition) is 3. The van der Waals surface area contributed by atoms with E-state index in [0.29, 0.717) is 10.2 Å². The number of carboxylic acids is 1. The van der Waals surface area contributed by atoms with Crippen molar-refractivity contribution in [3.8, 4) is 0 Å². The van der Waals surface area contributed by atoms with Crippen LogP contribution in [0.15, 0.2) is 22.7 Å². The van der Waals surface area contributed by atoms with Crippen molar-refractivity contribution in [1.29, 1.82) is 0 Å². The Morgan fingerprint density at radius 3 is 2.40 bits per heavy atom. The van der Waals surface area contributed by atoms with E-state index in [0.717, 1.165) is 0 Å². The molecule has 0 fully saturated rings. The van der Waals surface area contributed by atoms with E-state index in [9.17, 15) is 14.0 Å².